The fourth-order valence-electron chi connectivity index (χ4n) is 2.15. The molecule has 0 radical (unpaired) electrons. The van der Waals surface area contributed by atoms with Crippen molar-refractivity contribution in [3.63, 3.8) is 0 Å². The van der Waals surface area contributed by atoms with Crippen LogP contribution in [-0.2, 0) is 4.79 Å². The van der Waals surface area contributed by atoms with Crippen LogP contribution < -0.4 is 10.6 Å². The molecule has 0 unspecified atom stereocenters. The highest BCUT2D eigenvalue weighted by Gasteiger charge is 2.20. The number of nitrogens with one attached hydrogen (secondary N) is 2. The lowest BCUT2D eigenvalue weighted by Crippen LogP contribution is -2.37. The standard InChI is InChI=1S/C15H28N2O3/c1-15(2,8-7-13(18)19)9-11-17-14(20)16-10-3-4-12-5-6-12/h12H,3-11H2,1-2H3,(H,18,19)(H2,16,17,20). The highest BCUT2D eigenvalue weighted by atomic mass is 16.4. The minimum atomic E-state index is -0.764. The van der Waals surface area contributed by atoms with Gasteiger partial charge in [-0.25, -0.2) is 4.79 Å². The van der Waals surface area contributed by atoms with Crippen LogP contribution >= 0.6 is 0 Å². The number of amides is 2. The van der Waals surface area contributed by atoms with Gasteiger partial charge in [-0.3, -0.25) is 4.79 Å². The summed E-state index contributed by atoms with van der Waals surface area (Å²) in [5.74, 6) is 0.148. The molecule has 1 rings (SSSR count). The van der Waals surface area contributed by atoms with Crippen molar-refractivity contribution in [1.29, 1.82) is 0 Å². The number of urea groups is 1. The van der Waals surface area contributed by atoms with Gasteiger partial charge in [0.15, 0.2) is 0 Å². The summed E-state index contributed by atoms with van der Waals surface area (Å²) < 4.78 is 0. The van der Waals surface area contributed by atoms with Gasteiger partial charge >= 0.3 is 12.0 Å². The number of carbonyl (C=O) groups excluding carboxylic acids is 1. The monoisotopic (exact) mass is 284 g/mol. The van der Waals surface area contributed by atoms with Crippen molar-refractivity contribution in [2.24, 2.45) is 11.3 Å². The van der Waals surface area contributed by atoms with Gasteiger partial charge in [0.25, 0.3) is 0 Å². The third-order valence-corrected chi connectivity index (χ3v) is 3.87. The fourth-order valence-corrected chi connectivity index (χ4v) is 2.15. The van der Waals surface area contributed by atoms with Crippen LogP contribution in [0, 0.1) is 11.3 Å². The zero-order chi connectivity index (χ0) is 15.0. The summed E-state index contributed by atoms with van der Waals surface area (Å²) in [7, 11) is 0. The van der Waals surface area contributed by atoms with Gasteiger partial charge in [-0.2, -0.15) is 0 Å². The lowest BCUT2D eigenvalue weighted by molar-refractivity contribution is -0.137. The number of carboxylic acids is 1. The van der Waals surface area contributed by atoms with E-state index in [0.717, 1.165) is 25.3 Å². The lowest BCUT2D eigenvalue weighted by Gasteiger charge is -2.23. The van der Waals surface area contributed by atoms with Gasteiger partial charge in [0.05, 0.1) is 0 Å². The molecule has 0 atom stereocenters. The van der Waals surface area contributed by atoms with E-state index in [1.807, 2.05) is 13.8 Å². The summed E-state index contributed by atoms with van der Waals surface area (Å²) in [4.78, 5) is 22.1. The Kier molecular flexibility index (Phi) is 6.82. The molecule has 3 N–H and O–H groups in total. The minimum Gasteiger partial charge on any atom is -0.481 e. The largest absolute Gasteiger partial charge is 0.481 e. The first kappa shape index (κ1) is 16.8. The molecule has 5 heteroatoms. The Morgan fingerprint density at radius 1 is 1.15 bits per heavy atom. The van der Waals surface area contributed by atoms with Crippen LogP contribution in [0.25, 0.3) is 0 Å². The molecular weight excluding hydrogens is 256 g/mol. The second kappa shape index (κ2) is 8.12. The molecule has 0 aromatic heterocycles. The Labute approximate surface area is 121 Å². The Bertz CT molecular complexity index is 325. The van der Waals surface area contributed by atoms with Crippen LogP contribution in [-0.4, -0.2) is 30.2 Å². The van der Waals surface area contributed by atoms with Gasteiger partial charge in [-0.05, 0) is 37.0 Å². The molecule has 0 bridgehead atoms. The van der Waals surface area contributed by atoms with Crippen molar-refractivity contribution in [2.45, 2.75) is 58.8 Å². The highest BCUT2D eigenvalue weighted by molar-refractivity contribution is 5.73. The van der Waals surface area contributed by atoms with Gasteiger partial charge in [0.1, 0.15) is 0 Å². The van der Waals surface area contributed by atoms with E-state index in [9.17, 15) is 9.59 Å². The van der Waals surface area contributed by atoms with Gasteiger partial charge in [-0.15, -0.1) is 0 Å². The van der Waals surface area contributed by atoms with Crippen LogP contribution in [0.5, 0.6) is 0 Å². The number of rotatable bonds is 10. The average molecular weight is 284 g/mol. The van der Waals surface area contributed by atoms with E-state index in [2.05, 4.69) is 10.6 Å². The van der Waals surface area contributed by atoms with E-state index in [4.69, 9.17) is 5.11 Å². The van der Waals surface area contributed by atoms with Crippen LogP contribution in [0.4, 0.5) is 4.79 Å². The molecule has 0 aliphatic heterocycles. The number of carboxylic acid groups (broad SMARTS) is 1. The molecule has 1 fully saturated rings. The molecule has 1 aliphatic rings. The highest BCUT2D eigenvalue weighted by Crippen LogP contribution is 2.33. The molecule has 2 amide bonds. The quantitative estimate of drug-likeness (QED) is 0.540. The molecule has 1 aliphatic carbocycles. The molecule has 0 heterocycles. The summed E-state index contributed by atoms with van der Waals surface area (Å²) >= 11 is 0. The smallest absolute Gasteiger partial charge is 0.314 e. The van der Waals surface area contributed by atoms with Crippen LogP contribution in [0.15, 0.2) is 0 Å². The van der Waals surface area contributed by atoms with Crippen LogP contribution in [0.2, 0.25) is 0 Å². The first-order chi connectivity index (χ1) is 9.39. The summed E-state index contributed by atoms with van der Waals surface area (Å²) in [5.41, 5.74) is -0.0579. The summed E-state index contributed by atoms with van der Waals surface area (Å²) in [5, 5.41) is 14.4. The minimum absolute atomic E-state index is 0.0579. The molecule has 20 heavy (non-hydrogen) atoms. The molecule has 116 valence electrons. The van der Waals surface area contributed by atoms with Gasteiger partial charge in [0.2, 0.25) is 0 Å². The average Bonchev–Trinajstić information content (AvgIpc) is 3.16. The van der Waals surface area contributed by atoms with Crippen LogP contribution in [0.1, 0.15) is 58.8 Å². The second-order valence-electron chi connectivity index (χ2n) is 6.58. The van der Waals surface area contributed by atoms with Crippen LogP contribution in [0.3, 0.4) is 0 Å². The van der Waals surface area contributed by atoms with Gasteiger partial charge < -0.3 is 15.7 Å². The Morgan fingerprint density at radius 3 is 2.40 bits per heavy atom. The molecule has 5 nitrogen and oxygen atoms in total. The summed E-state index contributed by atoms with van der Waals surface area (Å²) in [6.45, 7) is 5.39. The number of hydrogen-bond donors (Lipinski definition) is 3. The van der Waals surface area contributed by atoms with Crippen molar-refractivity contribution >= 4 is 12.0 Å². The SMILES string of the molecule is CC(C)(CCNC(=O)NCCCC1CC1)CCC(=O)O. The number of carbonyl (C=O) groups is 2. The Balaban J connectivity index is 1.99. The molecule has 0 saturated heterocycles. The van der Waals surface area contributed by atoms with Gasteiger partial charge in [0, 0.05) is 19.5 Å². The molecule has 1 saturated carbocycles. The number of aliphatic carboxylic acids is 1. The zero-order valence-electron chi connectivity index (χ0n) is 12.7. The van der Waals surface area contributed by atoms with E-state index in [1.165, 1.54) is 19.3 Å². The fraction of sp³-hybridized carbons (Fsp3) is 0.867. The van der Waals surface area contributed by atoms with E-state index in [0.29, 0.717) is 13.0 Å². The van der Waals surface area contributed by atoms with Crippen molar-refractivity contribution in [3.8, 4) is 0 Å². The zero-order valence-corrected chi connectivity index (χ0v) is 12.7. The van der Waals surface area contributed by atoms with Crippen molar-refractivity contribution < 1.29 is 14.7 Å². The van der Waals surface area contributed by atoms with E-state index >= 15 is 0 Å². The first-order valence-corrected chi connectivity index (χ1v) is 7.62. The molecular formula is C15H28N2O3. The maximum absolute atomic E-state index is 11.5. The predicted octanol–water partition coefficient (Wildman–Crippen LogP) is 2.76. The maximum Gasteiger partial charge on any atom is 0.314 e. The molecule has 0 aromatic carbocycles. The van der Waals surface area contributed by atoms with Crippen molar-refractivity contribution in [1.82, 2.24) is 10.6 Å². The normalized spacial score (nSPS) is 14.9. The Morgan fingerprint density at radius 2 is 1.80 bits per heavy atom. The first-order valence-electron chi connectivity index (χ1n) is 7.62. The third-order valence-electron chi connectivity index (χ3n) is 3.87. The van der Waals surface area contributed by atoms with Crippen molar-refractivity contribution in [2.75, 3.05) is 13.1 Å². The lowest BCUT2D eigenvalue weighted by atomic mass is 9.84. The summed E-state index contributed by atoms with van der Waals surface area (Å²) in [6, 6.07) is -0.116. The maximum atomic E-state index is 11.5. The number of hydrogen-bond acceptors (Lipinski definition) is 2. The predicted molar refractivity (Wildman–Crippen MR) is 78.6 cm³/mol. The van der Waals surface area contributed by atoms with E-state index < -0.39 is 5.97 Å². The molecule has 0 spiro atoms. The second-order valence-corrected chi connectivity index (χ2v) is 6.58. The topological polar surface area (TPSA) is 78.4 Å². The van der Waals surface area contributed by atoms with Crippen molar-refractivity contribution in [3.05, 3.63) is 0 Å². The van der Waals surface area contributed by atoms with Gasteiger partial charge in [-0.1, -0.05) is 26.7 Å². The van der Waals surface area contributed by atoms with E-state index in [1.54, 1.807) is 0 Å². The summed E-state index contributed by atoms with van der Waals surface area (Å²) in [6.07, 6.45) is 6.60. The Hall–Kier alpha value is -1.26. The third kappa shape index (κ3) is 8.77. The molecule has 0 aromatic rings. The van der Waals surface area contributed by atoms with E-state index in [-0.39, 0.29) is 17.9 Å².